The third-order valence-corrected chi connectivity index (χ3v) is 5.89. The van der Waals surface area contributed by atoms with Crippen molar-refractivity contribution in [3.05, 3.63) is 65.2 Å². The first-order valence-electron chi connectivity index (χ1n) is 8.60. The normalized spacial score (nSPS) is 15.5. The quantitative estimate of drug-likeness (QED) is 0.807. The van der Waals surface area contributed by atoms with Crippen molar-refractivity contribution in [2.45, 2.75) is 36.2 Å². The maximum atomic E-state index is 12.1. The minimum Gasteiger partial charge on any atom is -0.387 e. The van der Waals surface area contributed by atoms with Gasteiger partial charge in [-0.05, 0) is 35.2 Å². The zero-order valence-corrected chi connectivity index (χ0v) is 15.6. The van der Waals surface area contributed by atoms with Gasteiger partial charge in [0.25, 0.3) is 0 Å². The summed E-state index contributed by atoms with van der Waals surface area (Å²) in [5.74, 6) is -0.124. The van der Waals surface area contributed by atoms with E-state index in [1.165, 1.54) is 6.26 Å². The maximum Gasteiger partial charge on any atom is 0.220 e. The number of sulfone groups is 1. The standard InChI is InChI=1S/C20H23NO4S/c1-26(24,25)18-9-6-15(7-10-18)8-11-19(22)21-14-20(23)12-16-4-2-3-5-17(16)13-20/h2-7,9-10,23H,8,11-14H2,1H3,(H,21,22). The van der Waals surface area contributed by atoms with E-state index < -0.39 is 15.4 Å². The number of carbonyl (C=O) groups is 1. The monoisotopic (exact) mass is 373 g/mol. The minimum absolute atomic E-state index is 0.124. The molecule has 6 heteroatoms. The zero-order valence-electron chi connectivity index (χ0n) is 14.7. The molecule has 2 aromatic rings. The first-order chi connectivity index (χ1) is 12.3. The molecule has 0 aliphatic heterocycles. The number of fused-ring (bicyclic) bond motifs is 1. The Labute approximate surface area is 154 Å². The van der Waals surface area contributed by atoms with Crippen LogP contribution in [0.15, 0.2) is 53.4 Å². The number of hydrogen-bond acceptors (Lipinski definition) is 4. The summed E-state index contributed by atoms with van der Waals surface area (Å²) in [4.78, 5) is 12.4. The van der Waals surface area contributed by atoms with E-state index in [0.717, 1.165) is 16.7 Å². The molecule has 0 unspecified atom stereocenters. The van der Waals surface area contributed by atoms with Crippen LogP contribution in [0, 0.1) is 0 Å². The van der Waals surface area contributed by atoms with Crippen molar-refractivity contribution in [3.8, 4) is 0 Å². The molecule has 0 fully saturated rings. The number of rotatable bonds is 6. The number of carbonyl (C=O) groups excluding carboxylic acids is 1. The lowest BCUT2D eigenvalue weighted by Crippen LogP contribution is -2.43. The van der Waals surface area contributed by atoms with Crippen LogP contribution in [0.1, 0.15) is 23.1 Å². The smallest absolute Gasteiger partial charge is 0.220 e. The van der Waals surface area contributed by atoms with Crippen LogP contribution in [0.3, 0.4) is 0 Å². The highest BCUT2D eigenvalue weighted by Crippen LogP contribution is 2.29. The van der Waals surface area contributed by atoms with Gasteiger partial charge in [0.2, 0.25) is 5.91 Å². The van der Waals surface area contributed by atoms with Gasteiger partial charge in [0.05, 0.1) is 10.5 Å². The van der Waals surface area contributed by atoms with E-state index >= 15 is 0 Å². The Morgan fingerprint density at radius 3 is 2.19 bits per heavy atom. The van der Waals surface area contributed by atoms with Gasteiger partial charge < -0.3 is 10.4 Å². The molecule has 0 radical (unpaired) electrons. The maximum absolute atomic E-state index is 12.1. The van der Waals surface area contributed by atoms with Crippen molar-refractivity contribution >= 4 is 15.7 Å². The lowest BCUT2D eigenvalue weighted by atomic mass is 10.0. The molecular weight excluding hydrogens is 350 g/mol. The van der Waals surface area contributed by atoms with Crippen LogP contribution in [0.4, 0.5) is 0 Å². The minimum atomic E-state index is -3.21. The van der Waals surface area contributed by atoms with E-state index in [0.29, 0.717) is 25.7 Å². The van der Waals surface area contributed by atoms with Crippen LogP contribution in [0.2, 0.25) is 0 Å². The average Bonchev–Trinajstić information content (AvgIpc) is 2.94. The van der Waals surface area contributed by atoms with Gasteiger partial charge in [-0.2, -0.15) is 0 Å². The highest BCUT2D eigenvalue weighted by atomic mass is 32.2. The molecule has 0 atom stereocenters. The molecule has 0 saturated carbocycles. The third kappa shape index (κ3) is 4.51. The third-order valence-electron chi connectivity index (χ3n) is 4.76. The van der Waals surface area contributed by atoms with Crippen molar-refractivity contribution in [2.75, 3.05) is 12.8 Å². The molecule has 3 rings (SSSR count). The topological polar surface area (TPSA) is 83.5 Å². The van der Waals surface area contributed by atoms with Gasteiger partial charge in [-0.3, -0.25) is 4.79 Å². The SMILES string of the molecule is CS(=O)(=O)c1ccc(CCC(=O)NCC2(O)Cc3ccccc3C2)cc1. The molecule has 0 saturated heterocycles. The van der Waals surface area contributed by atoms with Crippen molar-refractivity contribution in [3.63, 3.8) is 0 Å². The fraction of sp³-hybridized carbons (Fsp3) is 0.350. The lowest BCUT2D eigenvalue weighted by molar-refractivity contribution is -0.122. The lowest BCUT2D eigenvalue weighted by Gasteiger charge is -2.22. The summed E-state index contributed by atoms with van der Waals surface area (Å²) in [5, 5.41) is 13.5. The molecule has 0 aromatic heterocycles. The number of nitrogens with one attached hydrogen (secondary N) is 1. The fourth-order valence-corrected chi connectivity index (χ4v) is 3.94. The first kappa shape index (κ1) is 18.6. The molecule has 1 aliphatic carbocycles. The summed E-state index contributed by atoms with van der Waals surface area (Å²) < 4.78 is 22.9. The van der Waals surface area contributed by atoms with Crippen molar-refractivity contribution in [1.29, 1.82) is 0 Å². The second-order valence-electron chi connectivity index (χ2n) is 7.04. The molecule has 2 aromatic carbocycles. The molecular formula is C20H23NO4S. The highest BCUT2D eigenvalue weighted by Gasteiger charge is 2.35. The largest absolute Gasteiger partial charge is 0.387 e. The first-order valence-corrected chi connectivity index (χ1v) is 10.5. The van der Waals surface area contributed by atoms with Gasteiger partial charge in [0.1, 0.15) is 0 Å². The number of aryl methyl sites for hydroxylation is 1. The van der Waals surface area contributed by atoms with Gasteiger partial charge in [-0.15, -0.1) is 0 Å². The van der Waals surface area contributed by atoms with Crippen LogP contribution >= 0.6 is 0 Å². The fourth-order valence-electron chi connectivity index (χ4n) is 3.31. The Morgan fingerprint density at radius 2 is 1.65 bits per heavy atom. The van der Waals surface area contributed by atoms with E-state index in [1.807, 2.05) is 24.3 Å². The Bertz CT molecular complexity index is 879. The predicted molar refractivity (Wildman–Crippen MR) is 99.7 cm³/mol. The molecule has 1 amide bonds. The summed E-state index contributed by atoms with van der Waals surface area (Å²) in [6.07, 6.45) is 3.09. The van der Waals surface area contributed by atoms with Crippen LogP contribution in [0.25, 0.3) is 0 Å². The summed E-state index contributed by atoms with van der Waals surface area (Å²) in [6, 6.07) is 14.5. The summed E-state index contributed by atoms with van der Waals surface area (Å²) >= 11 is 0. The predicted octanol–water partition coefficient (Wildman–Crippen LogP) is 1.67. The van der Waals surface area contributed by atoms with Crippen LogP contribution in [-0.2, 0) is 33.9 Å². The average molecular weight is 373 g/mol. The molecule has 0 spiro atoms. The summed E-state index contributed by atoms with van der Waals surface area (Å²) in [6.45, 7) is 0.230. The number of aliphatic hydroxyl groups is 1. The Hall–Kier alpha value is -2.18. The van der Waals surface area contributed by atoms with E-state index in [4.69, 9.17) is 0 Å². The van der Waals surface area contributed by atoms with Gasteiger partial charge in [-0.1, -0.05) is 36.4 Å². The van der Waals surface area contributed by atoms with Crippen LogP contribution in [0.5, 0.6) is 0 Å². The number of amides is 1. The van der Waals surface area contributed by atoms with Crippen molar-refractivity contribution in [1.82, 2.24) is 5.32 Å². The Morgan fingerprint density at radius 1 is 1.08 bits per heavy atom. The molecule has 5 nitrogen and oxygen atoms in total. The van der Waals surface area contributed by atoms with Gasteiger partial charge in [-0.25, -0.2) is 8.42 Å². The Balaban J connectivity index is 1.48. The summed E-state index contributed by atoms with van der Waals surface area (Å²) in [7, 11) is -3.21. The molecule has 138 valence electrons. The van der Waals surface area contributed by atoms with E-state index in [9.17, 15) is 18.3 Å². The van der Waals surface area contributed by atoms with Crippen molar-refractivity contribution < 1.29 is 18.3 Å². The summed E-state index contributed by atoms with van der Waals surface area (Å²) in [5.41, 5.74) is 2.25. The number of benzene rings is 2. The van der Waals surface area contributed by atoms with E-state index in [-0.39, 0.29) is 17.3 Å². The number of hydrogen-bond donors (Lipinski definition) is 2. The highest BCUT2D eigenvalue weighted by molar-refractivity contribution is 7.90. The van der Waals surface area contributed by atoms with Gasteiger partial charge >= 0.3 is 0 Å². The van der Waals surface area contributed by atoms with Crippen LogP contribution < -0.4 is 5.32 Å². The molecule has 2 N–H and O–H groups in total. The molecule has 0 bridgehead atoms. The molecule has 1 aliphatic rings. The van der Waals surface area contributed by atoms with E-state index in [1.54, 1.807) is 24.3 Å². The zero-order chi connectivity index (χ0) is 18.8. The van der Waals surface area contributed by atoms with Gasteiger partial charge in [0.15, 0.2) is 9.84 Å². The molecule has 0 heterocycles. The van der Waals surface area contributed by atoms with Crippen LogP contribution in [-0.4, -0.2) is 37.8 Å². The van der Waals surface area contributed by atoms with E-state index in [2.05, 4.69) is 5.32 Å². The second kappa shape index (κ2) is 7.21. The molecule has 26 heavy (non-hydrogen) atoms. The second-order valence-corrected chi connectivity index (χ2v) is 9.06. The van der Waals surface area contributed by atoms with Crippen molar-refractivity contribution in [2.24, 2.45) is 0 Å². The Kier molecular flexibility index (Phi) is 5.16. The van der Waals surface area contributed by atoms with Gasteiger partial charge in [0, 0.05) is 32.1 Å².